The summed E-state index contributed by atoms with van der Waals surface area (Å²) in [5.74, 6) is 1.07. The van der Waals surface area contributed by atoms with Crippen LogP contribution in [0.2, 0.25) is 0 Å². The maximum absolute atomic E-state index is 13.7. The number of carbonyl (C=O) groups is 1. The second-order valence-corrected chi connectivity index (χ2v) is 12.8. The number of aliphatic hydroxyl groups is 1. The number of nitrogens with one attached hydrogen (secondary N) is 2. The van der Waals surface area contributed by atoms with Crippen LogP contribution in [0.15, 0.2) is 36.4 Å². The number of hydrogen-bond donors (Lipinski definition) is 3. The third-order valence-electron chi connectivity index (χ3n) is 7.66. The van der Waals surface area contributed by atoms with E-state index in [1.54, 1.807) is 19.2 Å². The monoisotopic (exact) mass is 610 g/mol. The molecule has 1 amide bonds. The van der Waals surface area contributed by atoms with Gasteiger partial charge in [-0.05, 0) is 56.2 Å². The van der Waals surface area contributed by atoms with Gasteiger partial charge in [0, 0.05) is 44.0 Å². The van der Waals surface area contributed by atoms with Crippen molar-refractivity contribution < 1.29 is 23.1 Å². The number of nitrogens with zero attached hydrogens (tertiary/aromatic N) is 6. The van der Waals surface area contributed by atoms with Gasteiger partial charge in [-0.2, -0.15) is 4.98 Å². The van der Waals surface area contributed by atoms with Crippen molar-refractivity contribution >= 4 is 39.2 Å². The van der Waals surface area contributed by atoms with Crippen molar-refractivity contribution in [3.05, 3.63) is 53.3 Å². The van der Waals surface area contributed by atoms with E-state index in [0.717, 1.165) is 56.5 Å². The van der Waals surface area contributed by atoms with Crippen molar-refractivity contribution in [1.82, 2.24) is 20.2 Å². The number of ether oxygens (including phenoxy) is 1. The van der Waals surface area contributed by atoms with Gasteiger partial charge in [0.15, 0.2) is 11.5 Å². The molecule has 1 unspecified atom stereocenters. The number of piperidine rings is 1. The molecule has 1 aromatic carbocycles. The molecule has 3 aromatic rings. The van der Waals surface area contributed by atoms with Crippen molar-refractivity contribution in [2.45, 2.75) is 45.6 Å². The molecule has 4 heterocycles. The normalized spacial score (nSPS) is 17.7. The number of sulfonamides is 1. The minimum atomic E-state index is -3.82. The first-order valence-corrected chi connectivity index (χ1v) is 16.2. The summed E-state index contributed by atoms with van der Waals surface area (Å²) in [6.45, 7) is 4.11. The number of rotatable bonds is 7. The fourth-order valence-corrected chi connectivity index (χ4v) is 6.32. The highest BCUT2D eigenvalue weighted by molar-refractivity contribution is 7.92. The molecule has 43 heavy (non-hydrogen) atoms. The molecule has 1 atom stereocenters. The molecule has 2 aromatic heterocycles. The summed E-state index contributed by atoms with van der Waals surface area (Å²) in [7, 11) is -2.18. The SMILES string of the molecule is COc1ccc(CN2CCCCC3CCCN(C3)c3cc(NS(=O)(=O)CCO)nnc3C(=O)Nc3cc(C)nc2n3)cc1. The number of anilines is 4. The molecule has 2 aliphatic heterocycles. The Morgan fingerprint density at radius 2 is 1.86 bits per heavy atom. The van der Waals surface area contributed by atoms with E-state index in [2.05, 4.69) is 30.0 Å². The number of aryl methyl sites for hydroxylation is 1. The molecule has 0 saturated carbocycles. The summed E-state index contributed by atoms with van der Waals surface area (Å²) < 4.78 is 32.3. The summed E-state index contributed by atoms with van der Waals surface area (Å²) in [5, 5.41) is 20.2. The molecule has 0 radical (unpaired) electrons. The number of aromatic nitrogens is 4. The van der Waals surface area contributed by atoms with Crippen LogP contribution in [0.25, 0.3) is 0 Å². The van der Waals surface area contributed by atoms with Crippen molar-refractivity contribution in [2.75, 3.05) is 58.9 Å². The molecule has 5 rings (SSSR count). The zero-order valence-corrected chi connectivity index (χ0v) is 25.3. The van der Waals surface area contributed by atoms with Gasteiger partial charge in [0.05, 0.1) is 25.2 Å². The topological polar surface area (TPSA) is 163 Å². The average molecular weight is 611 g/mol. The first-order valence-electron chi connectivity index (χ1n) is 14.5. The van der Waals surface area contributed by atoms with E-state index in [1.807, 2.05) is 31.2 Å². The van der Waals surface area contributed by atoms with E-state index in [9.17, 15) is 13.2 Å². The highest BCUT2D eigenvalue weighted by Crippen LogP contribution is 2.30. The molecule has 3 N–H and O–H groups in total. The molecule has 13 nitrogen and oxygen atoms in total. The van der Waals surface area contributed by atoms with E-state index in [-0.39, 0.29) is 11.5 Å². The smallest absolute Gasteiger partial charge is 0.279 e. The lowest BCUT2D eigenvalue weighted by Gasteiger charge is -2.35. The van der Waals surface area contributed by atoms with Crippen LogP contribution in [0.1, 0.15) is 53.8 Å². The second-order valence-electron chi connectivity index (χ2n) is 11.0. The largest absolute Gasteiger partial charge is 0.497 e. The fraction of sp³-hybridized carbons (Fsp3) is 0.483. The predicted octanol–water partition coefficient (Wildman–Crippen LogP) is 2.98. The highest BCUT2D eigenvalue weighted by Gasteiger charge is 2.27. The van der Waals surface area contributed by atoms with Gasteiger partial charge in [-0.15, -0.1) is 10.2 Å². The maximum atomic E-state index is 13.7. The average Bonchev–Trinajstić information content (AvgIpc) is 2.98. The van der Waals surface area contributed by atoms with Gasteiger partial charge >= 0.3 is 0 Å². The Morgan fingerprint density at radius 3 is 2.63 bits per heavy atom. The number of aliphatic hydroxyl groups excluding tert-OH is 1. The van der Waals surface area contributed by atoms with E-state index < -0.39 is 28.3 Å². The van der Waals surface area contributed by atoms with Crippen LogP contribution in [0.4, 0.5) is 23.3 Å². The summed E-state index contributed by atoms with van der Waals surface area (Å²) in [5.41, 5.74) is 2.37. The Morgan fingerprint density at radius 1 is 1.07 bits per heavy atom. The van der Waals surface area contributed by atoms with Crippen LogP contribution < -0.4 is 24.6 Å². The van der Waals surface area contributed by atoms with Crippen molar-refractivity contribution in [3.8, 4) is 5.75 Å². The van der Waals surface area contributed by atoms with Gasteiger partial charge in [-0.25, -0.2) is 13.4 Å². The Labute approximate surface area is 251 Å². The van der Waals surface area contributed by atoms with E-state index in [0.29, 0.717) is 42.2 Å². The summed E-state index contributed by atoms with van der Waals surface area (Å²) in [4.78, 5) is 27.3. The molecule has 1 saturated heterocycles. The lowest BCUT2D eigenvalue weighted by atomic mass is 9.92. The van der Waals surface area contributed by atoms with Crippen molar-refractivity contribution in [3.63, 3.8) is 0 Å². The number of hydrogen-bond acceptors (Lipinski definition) is 11. The molecule has 230 valence electrons. The molecular weight excluding hydrogens is 572 g/mol. The molecule has 0 spiro atoms. The van der Waals surface area contributed by atoms with Crippen LogP contribution in [0.5, 0.6) is 5.75 Å². The van der Waals surface area contributed by atoms with Crippen LogP contribution >= 0.6 is 0 Å². The van der Waals surface area contributed by atoms with E-state index in [1.165, 1.54) is 0 Å². The number of fused-ring (bicyclic) bond motifs is 6. The minimum absolute atomic E-state index is 0.00520. The molecule has 1 fully saturated rings. The molecule has 0 aliphatic carbocycles. The first kappa shape index (κ1) is 30.4. The minimum Gasteiger partial charge on any atom is -0.497 e. The van der Waals surface area contributed by atoms with Gasteiger partial charge in [0.25, 0.3) is 5.91 Å². The summed E-state index contributed by atoms with van der Waals surface area (Å²) in [6.07, 6.45) is 4.99. The Hall–Kier alpha value is -4.04. The van der Waals surface area contributed by atoms with Gasteiger partial charge in [-0.3, -0.25) is 9.52 Å². The van der Waals surface area contributed by atoms with Gasteiger partial charge in [0.1, 0.15) is 11.6 Å². The summed E-state index contributed by atoms with van der Waals surface area (Å²) >= 11 is 0. The fourth-order valence-electron chi connectivity index (χ4n) is 5.56. The van der Waals surface area contributed by atoms with Crippen molar-refractivity contribution in [1.29, 1.82) is 0 Å². The Kier molecular flexibility index (Phi) is 9.56. The number of amides is 1. The molecule has 14 heteroatoms. The summed E-state index contributed by atoms with van der Waals surface area (Å²) in [6, 6.07) is 11.2. The number of carbonyl (C=O) groups excluding carboxylic acids is 1. The van der Waals surface area contributed by atoms with Gasteiger partial charge < -0.3 is 25.0 Å². The van der Waals surface area contributed by atoms with Crippen LogP contribution in [-0.4, -0.2) is 78.7 Å². The Balaban J connectivity index is 1.49. The van der Waals surface area contributed by atoms with Crippen LogP contribution in [0.3, 0.4) is 0 Å². The first-order chi connectivity index (χ1) is 20.7. The van der Waals surface area contributed by atoms with Gasteiger partial charge in [-0.1, -0.05) is 18.6 Å². The van der Waals surface area contributed by atoms with E-state index >= 15 is 0 Å². The molecule has 2 aliphatic rings. The van der Waals surface area contributed by atoms with Crippen LogP contribution in [0, 0.1) is 12.8 Å². The standard InChI is InChI=1S/C29H38N8O5S/c1-20-16-25-31-28(39)27-24(17-26(33-34-27)35-43(40,41)15-14-38)36-13-5-7-21(18-36)6-3-4-12-37(29(30-20)32-25)19-22-8-10-23(42-2)11-9-22/h8-11,16-17,21,38H,3-7,12-15,18-19H2,1-2H3,(H,33,35)(H,30,31,32,39). The van der Waals surface area contributed by atoms with Gasteiger partial charge in [0.2, 0.25) is 16.0 Å². The van der Waals surface area contributed by atoms with E-state index in [4.69, 9.17) is 19.8 Å². The maximum Gasteiger partial charge on any atom is 0.279 e. The second kappa shape index (κ2) is 13.5. The number of benzene rings is 1. The quantitative estimate of drug-likeness (QED) is 0.360. The predicted molar refractivity (Wildman–Crippen MR) is 164 cm³/mol. The zero-order chi connectivity index (χ0) is 30.4. The Bertz CT molecular complexity index is 1540. The molecular formula is C29H38N8O5S. The number of methoxy groups -OCH3 is 1. The molecule has 4 bridgehead atoms. The van der Waals surface area contributed by atoms with Crippen LogP contribution in [-0.2, 0) is 16.6 Å². The third kappa shape index (κ3) is 7.87. The highest BCUT2D eigenvalue weighted by atomic mass is 32.2. The lowest BCUT2D eigenvalue weighted by Crippen LogP contribution is -2.37. The zero-order valence-electron chi connectivity index (χ0n) is 24.5. The lowest BCUT2D eigenvalue weighted by molar-refractivity contribution is 0.102. The van der Waals surface area contributed by atoms with Crippen molar-refractivity contribution in [2.24, 2.45) is 5.92 Å². The third-order valence-corrected chi connectivity index (χ3v) is 8.90.